The van der Waals surface area contributed by atoms with Crippen LogP contribution in [0.3, 0.4) is 0 Å². The molecule has 2 amide bonds. The molecule has 0 radical (unpaired) electrons. The van der Waals surface area contributed by atoms with Gasteiger partial charge in [-0.2, -0.15) is 0 Å². The highest BCUT2D eigenvalue weighted by Gasteiger charge is 2.28. The van der Waals surface area contributed by atoms with Gasteiger partial charge in [-0.1, -0.05) is 48.5 Å². The second-order valence-electron chi connectivity index (χ2n) is 10.4. The molecule has 0 unspecified atom stereocenters. The van der Waals surface area contributed by atoms with E-state index in [-0.39, 0.29) is 24.1 Å². The molecule has 4 aromatic rings. The number of amides is 2. The molecule has 3 heterocycles. The van der Waals surface area contributed by atoms with Gasteiger partial charge in [0.1, 0.15) is 12.3 Å². The molecule has 0 spiro atoms. The van der Waals surface area contributed by atoms with Gasteiger partial charge in [0, 0.05) is 37.3 Å². The third-order valence-electron chi connectivity index (χ3n) is 7.84. The minimum atomic E-state index is -0.0841. The molecule has 1 fully saturated rings. The molecule has 8 heteroatoms. The predicted molar refractivity (Wildman–Crippen MR) is 158 cm³/mol. The molecular weight excluding hydrogens is 500 g/mol. The number of hydrogen-bond donors (Lipinski definition) is 4. The van der Waals surface area contributed by atoms with Crippen molar-refractivity contribution in [3.05, 3.63) is 119 Å². The lowest BCUT2D eigenvalue weighted by Gasteiger charge is -2.35. The first-order chi connectivity index (χ1) is 19.6. The largest absolute Gasteiger partial charge is 0.360 e. The highest BCUT2D eigenvalue weighted by Crippen LogP contribution is 2.36. The maximum Gasteiger partial charge on any atom is 0.253 e. The number of nitrogens with zero attached hydrogens (tertiary/aromatic N) is 2. The number of para-hydroxylation sites is 4. The number of anilines is 4. The maximum atomic E-state index is 13.4. The van der Waals surface area contributed by atoms with E-state index in [0.29, 0.717) is 37.3 Å². The van der Waals surface area contributed by atoms with Gasteiger partial charge in [0.25, 0.3) is 11.8 Å². The van der Waals surface area contributed by atoms with Crippen LogP contribution in [-0.2, 0) is 0 Å². The van der Waals surface area contributed by atoms with Crippen molar-refractivity contribution >= 4 is 34.6 Å². The van der Waals surface area contributed by atoms with Gasteiger partial charge in [0.15, 0.2) is 0 Å². The molecule has 4 N–H and O–H groups in total. The average molecular weight is 531 g/mol. The van der Waals surface area contributed by atoms with Crippen LogP contribution in [0.25, 0.3) is 0 Å². The Bertz CT molecular complexity index is 1430. The van der Waals surface area contributed by atoms with Crippen LogP contribution in [0.4, 0.5) is 22.7 Å². The van der Waals surface area contributed by atoms with Crippen molar-refractivity contribution in [3.8, 4) is 0 Å². The van der Waals surface area contributed by atoms with E-state index in [1.807, 2.05) is 107 Å². The van der Waals surface area contributed by atoms with Gasteiger partial charge in [-0.3, -0.25) is 9.59 Å². The van der Waals surface area contributed by atoms with Crippen LogP contribution in [-0.4, -0.2) is 47.8 Å². The van der Waals surface area contributed by atoms with Gasteiger partial charge in [-0.25, -0.2) is 0 Å². The fourth-order valence-electron chi connectivity index (χ4n) is 5.68. The highest BCUT2D eigenvalue weighted by molar-refractivity contribution is 5.96. The number of carbonyl (C=O) groups excluding carboxylic acids is 2. The van der Waals surface area contributed by atoms with E-state index in [0.717, 1.165) is 33.9 Å². The summed E-state index contributed by atoms with van der Waals surface area (Å²) in [7, 11) is 0. The van der Waals surface area contributed by atoms with E-state index in [1.165, 1.54) is 0 Å². The van der Waals surface area contributed by atoms with Gasteiger partial charge in [-0.15, -0.1) is 0 Å². The fourth-order valence-corrected chi connectivity index (χ4v) is 5.68. The molecule has 4 aromatic carbocycles. The molecular formula is C32H30N6O2. The standard InChI is InChI=1S/C32H30N6O2/c39-31(23-9-5-7-21(19-23)29-33-25-11-1-2-12-26(25)34-29)37-15-17-38(18-16-37)32(40)24-10-6-8-22(20-24)30-35-27-13-3-4-14-28(27)36-30/h1-14,19-20,29-30,33-36H,15-18H2. The van der Waals surface area contributed by atoms with Crippen LogP contribution in [0.1, 0.15) is 44.2 Å². The van der Waals surface area contributed by atoms with Crippen LogP contribution < -0.4 is 21.3 Å². The average Bonchev–Trinajstić information content (AvgIpc) is 3.65. The summed E-state index contributed by atoms with van der Waals surface area (Å²) >= 11 is 0. The van der Waals surface area contributed by atoms with Gasteiger partial charge < -0.3 is 31.1 Å². The molecule has 0 aromatic heterocycles. The molecule has 0 atom stereocenters. The number of hydrogen-bond acceptors (Lipinski definition) is 6. The first-order valence-electron chi connectivity index (χ1n) is 13.6. The zero-order valence-electron chi connectivity index (χ0n) is 21.9. The van der Waals surface area contributed by atoms with Crippen LogP contribution in [0.5, 0.6) is 0 Å². The van der Waals surface area contributed by atoms with Crippen LogP contribution in [0, 0.1) is 0 Å². The van der Waals surface area contributed by atoms with E-state index < -0.39 is 0 Å². The topological polar surface area (TPSA) is 88.7 Å². The van der Waals surface area contributed by atoms with Crippen molar-refractivity contribution in [2.24, 2.45) is 0 Å². The summed E-state index contributed by atoms with van der Waals surface area (Å²) in [6, 6.07) is 31.7. The monoisotopic (exact) mass is 530 g/mol. The Balaban J connectivity index is 0.981. The summed E-state index contributed by atoms with van der Waals surface area (Å²) in [5.41, 5.74) is 7.53. The van der Waals surface area contributed by atoms with E-state index in [2.05, 4.69) is 21.3 Å². The lowest BCUT2D eigenvalue weighted by atomic mass is 10.1. The Morgan fingerprint density at radius 3 is 1.20 bits per heavy atom. The summed E-state index contributed by atoms with van der Waals surface area (Å²) in [5, 5.41) is 13.9. The van der Waals surface area contributed by atoms with E-state index >= 15 is 0 Å². The summed E-state index contributed by atoms with van der Waals surface area (Å²) < 4.78 is 0. The van der Waals surface area contributed by atoms with E-state index in [9.17, 15) is 9.59 Å². The van der Waals surface area contributed by atoms with Crippen molar-refractivity contribution in [2.75, 3.05) is 47.4 Å². The normalized spacial score (nSPS) is 16.3. The van der Waals surface area contributed by atoms with Crippen LogP contribution in [0.15, 0.2) is 97.1 Å². The molecule has 3 aliphatic rings. The molecule has 8 nitrogen and oxygen atoms in total. The van der Waals surface area contributed by atoms with E-state index in [1.54, 1.807) is 0 Å². The molecule has 0 aliphatic carbocycles. The summed E-state index contributed by atoms with van der Waals surface area (Å²) in [6.45, 7) is 2.00. The number of nitrogens with one attached hydrogen (secondary N) is 4. The quantitative estimate of drug-likeness (QED) is 0.284. The lowest BCUT2D eigenvalue weighted by molar-refractivity contribution is 0.0535. The first kappa shape index (κ1) is 24.1. The van der Waals surface area contributed by atoms with Crippen molar-refractivity contribution in [1.82, 2.24) is 9.80 Å². The summed E-state index contributed by atoms with van der Waals surface area (Å²) in [6.07, 6.45) is -0.168. The minimum Gasteiger partial charge on any atom is -0.360 e. The molecule has 7 rings (SSSR count). The molecule has 200 valence electrons. The first-order valence-corrected chi connectivity index (χ1v) is 13.6. The van der Waals surface area contributed by atoms with Crippen molar-refractivity contribution in [1.29, 1.82) is 0 Å². The molecule has 0 saturated carbocycles. The minimum absolute atomic E-state index is 0.00981. The van der Waals surface area contributed by atoms with Gasteiger partial charge >= 0.3 is 0 Å². The molecule has 40 heavy (non-hydrogen) atoms. The Morgan fingerprint density at radius 2 is 0.850 bits per heavy atom. The van der Waals surface area contributed by atoms with Crippen molar-refractivity contribution in [2.45, 2.75) is 12.3 Å². The predicted octanol–water partition coefficient (Wildman–Crippen LogP) is 5.36. The third-order valence-corrected chi connectivity index (χ3v) is 7.84. The van der Waals surface area contributed by atoms with Gasteiger partial charge in [0.05, 0.1) is 22.7 Å². The number of carbonyl (C=O) groups is 2. The molecule has 3 aliphatic heterocycles. The highest BCUT2D eigenvalue weighted by atomic mass is 16.2. The van der Waals surface area contributed by atoms with Gasteiger partial charge in [-0.05, 0) is 59.7 Å². The summed E-state index contributed by atoms with van der Waals surface area (Å²) in [4.78, 5) is 30.4. The summed E-state index contributed by atoms with van der Waals surface area (Å²) in [5.74, 6) is -0.0196. The maximum absolute atomic E-state index is 13.4. The number of fused-ring (bicyclic) bond motifs is 2. The Labute approximate surface area is 233 Å². The SMILES string of the molecule is O=C(c1cccc(C2Nc3ccccc3N2)c1)N1CCN(C(=O)c2cccc(C3Nc4ccccc4N3)c2)CC1. The fraction of sp³-hybridized carbons (Fsp3) is 0.188. The number of rotatable bonds is 4. The van der Waals surface area contributed by atoms with Gasteiger partial charge in [0.2, 0.25) is 0 Å². The molecule has 0 bridgehead atoms. The zero-order chi connectivity index (χ0) is 27.1. The van der Waals surface area contributed by atoms with Crippen LogP contribution >= 0.6 is 0 Å². The van der Waals surface area contributed by atoms with Crippen LogP contribution in [0.2, 0.25) is 0 Å². The van der Waals surface area contributed by atoms with Crippen molar-refractivity contribution in [3.63, 3.8) is 0 Å². The second kappa shape index (κ2) is 9.96. The zero-order valence-corrected chi connectivity index (χ0v) is 21.9. The Hall–Kier alpha value is -4.98. The van der Waals surface area contributed by atoms with E-state index in [4.69, 9.17) is 0 Å². The Kier molecular flexibility index (Phi) is 6.00. The third kappa shape index (κ3) is 4.47. The lowest BCUT2D eigenvalue weighted by Crippen LogP contribution is -2.50. The number of benzene rings is 4. The second-order valence-corrected chi connectivity index (χ2v) is 10.4. The Morgan fingerprint density at radius 1 is 0.500 bits per heavy atom. The molecule has 1 saturated heterocycles. The van der Waals surface area contributed by atoms with Crippen molar-refractivity contribution < 1.29 is 9.59 Å². The smallest absolute Gasteiger partial charge is 0.253 e. The number of piperazine rings is 1.